The SMILES string of the molecule is CCCCCCCc1cnc(OC(=O)C=CC(CC)c2ccccc2)nc1. The number of aryl methyl sites for hydroxylation is 1. The summed E-state index contributed by atoms with van der Waals surface area (Å²) < 4.78 is 5.21. The molecule has 0 N–H and O–H groups in total. The fraction of sp³-hybridized carbons (Fsp3) is 0.435. The smallest absolute Gasteiger partial charge is 0.338 e. The second-order valence-electron chi connectivity index (χ2n) is 6.74. The zero-order valence-electron chi connectivity index (χ0n) is 16.4. The second-order valence-corrected chi connectivity index (χ2v) is 6.74. The molecule has 0 saturated carbocycles. The van der Waals surface area contributed by atoms with E-state index in [0.29, 0.717) is 0 Å². The van der Waals surface area contributed by atoms with Crippen molar-refractivity contribution in [3.63, 3.8) is 0 Å². The van der Waals surface area contributed by atoms with Gasteiger partial charge in [0.05, 0.1) is 0 Å². The highest BCUT2D eigenvalue weighted by Crippen LogP contribution is 2.20. The Balaban J connectivity index is 1.81. The van der Waals surface area contributed by atoms with E-state index in [1.54, 1.807) is 12.4 Å². The number of aromatic nitrogens is 2. The minimum Gasteiger partial charge on any atom is -0.388 e. The molecular weight excluding hydrogens is 336 g/mol. The van der Waals surface area contributed by atoms with E-state index in [1.165, 1.54) is 37.3 Å². The number of hydrogen-bond donors (Lipinski definition) is 0. The molecule has 0 spiro atoms. The van der Waals surface area contributed by atoms with E-state index in [9.17, 15) is 4.79 Å². The Bertz CT molecular complexity index is 696. The highest BCUT2D eigenvalue weighted by atomic mass is 16.5. The molecule has 1 unspecified atom stereocenters. The largest absolute Gasteiger partial charge is 0.388 e. The number of benzene rings is 1. The van der Waals surface area contributed by atoms with Gasteiger partial charge in [0.15, 0.2) is 0 Å². The van der Waals surface area contributed by atoms with Crippen molar-refractivity contribution in [2.24, 2.45) is 0 Å². The lowest BCUT2D eigenvalue weighted by Crippen LogP contribution is -2.07. The molecule has 0 aliphatic heterocycles. The minimum absolute atomic E-state index is 0.104. The normalized spacial score (nSPS) is 12.2. The summed E-state index contributed by atoms with van der Waals surface area (Å²) in [5.41, 5.74) is 2.26. The van der Waals surface area contributed by atoms with Gasteiger partial charge < -0.3 is 4.74 Å². The van der Waals surface area contributed by atoms with Gasteiger partial charge >= 0.3 is 12.0 Å². The third kappa shape index (κ3) is 7.73. The second kappa shape index (κ2) is 12.0. The molecule has 2 rings (SSSR count). The zero-order chi connectivity index (χ0) is 19.3. The van der Waals surface area contributed by atoms with Gasteiger partial charge in [-0.3, -0.25) is 0 Å². The van der Waals surface area contributed by atoms with Crippen LogP contribution in [0.1, 0.15) is 69.4 Å². The Morgan fingerprint density at radius 3 is 2.41 bits per heavy atom. The first-order valence-corrected chi connectivity index (χ1v) is 9.98. The van der Waals surface area contributed by atoms with Crippen LogP contribution in [0.2, 0.25) is 0 Å². The summed E-state index contributed by atoms with van der Waals surface area (Å²) in [7, 11) is 0. The van der Waals surface area contributed by atoms with Gasteiger partial charge in [-0.2, -0.15) is 0 Å². The third-order valence-electron chi connectivity index (χ3n) is 4.57. The van der Waals surface area contributed by atoms with Crippen molar-refractivity contribution in [2.45, 2.75) is 64.7 Å². The van der Waals surface area contributed by atoms with Gasteiger partial charge in [-0.05, 0) is 30.4 Å². The summed E-state index contributed by atoms with van der Waals surface area (Å²) >= 11 is 0. The van der Waals surface area contributed by atoms with Crippen molar-refractivity contribution in [3.8, 4) is 6.01 Å². The van der Waals surface area contributed by atoms with E-state index in [2.05, 4.69) is 35.9 Å². The monoisotopic (exact) mass is 366 g/mol. The Kier molecular flexibility index (Phi) is 9.25. The van der Waals surface area contributed by atoms with Gasteiger partial charge in [0.1, 0.15) is 0 Å². The maximum atomic E-state index is 12.0. The number of carbonyl (C=O) groups is 1. The number of allylic oxidation sites excluding steroid dienone is 1. The lowest BCUT2D eigenvalue weighted by atomic mass is 9.96. The van der Waals surface area contributed by atoms with Gasteiger partial charge in [-0.15, -0.1) is 0 Å². The van der Waals surface area contributed by atoms with Crippen LogP contribution in [0.3, 0.4) is 0 Å². The topological polar surface area (TPSA) is 52.1 Å². The molecule has 0 aliphatic rings. The highest BCUT2D eigenvalue weighted by molar-refractivity contribution is 5.83. The summed E-state index contributed by atoms with van der Waals surface area (Å²) in [6.45, 7) is 4.31. The average molecular weight is 367 g/mol. The van der Waals surface area contributed by atoms with Crippen LogP contribution in [0, 0.1) is 0 Å². The molecule has 2 aromatic rings. The quantitative estimate of drug-likeness (QED) is 0.293. The molecule has 144 valence electrons. The van der Waals surface area contributed by atoms with Crippen molar-refractivity contribution < 1.29 is 9.53 Å². The van der Waals surface area contributed by atoms with E-state index >= 15 is 0 Å². The third-order valence-corrected chi connectivity index (χ3v) is 4.57. The fourth-order valence-corrected chi connectivity index (χ4v) is 2.96. The number of rotatable bonds is 11. The number of nitrogens with zero attached hydrogens (tertiary/aromatic N) is 2. The fourth-order valence-electron chi connectivity index (χ4n) is 2.96. The van der Waals surface area contributed by atoms with Gasteiger partial charge in [0, 0.05) is 24.4 Å². The molecule has 1 aromatic carbocycles. The zero-order valence-corrected chi connectivity index (χ0v) is 16.4. The molecule has 1 heterocycles. The van der Waals surface area contributed by atoms with Crippen LogP contribution in [0.4, 0.5) is 0 Å². The Hall–Kier alpha value is -2.49. The first-order valence-electron chi connectivity index (χ1n) is 9.98. The molecule has 1 atom stereocenters. The summed E-state index contributed by atoms with van der Waals surface area (Å²) in [4.78, 5) is 20.3. The molecule has 0 saturated heterocycles. The van der Waals surface area contributed by atoms with Gasteiger partial charge in [-0.25, -0.2) is 14.8 Å². The summed E-state index contributed by atoms with van der Waals surface area (Å²) in [6.07, 6.45) is 14.9. The van der Waals surface area contributed by atoms with Crippen LogP contribution in [-0.4, -0.2) is 15.9 Å². The van der Waals surface area contributed by atoms with Gasteiger partial charge in [0.2, 0.25) is 0 Å². The van der Waals surface area contributed by atoms with Crippen molar-refractivity contribution in [2.75, 3.05) is 0 Å². The molecule has 0 bridgehead atoms. The van der Waals surface area contributed by atoms with Crippen LogP contribution in [-0.2, 0) is 11.2 Å². The van der Waals surface area contributed by atoms with Crippen molar-refractivity contribution in [3.05, 3.63) is 66.0 Å². The van der Waals surface area contributed by atoms with E-state index in [4.69, 9.17) is 4.74 Å². The number of esters is 1. The maximum absolute atomic E-state index is 12.0. The minimum atomic E-state index is -0.448. The molecule has 0 radical (unpaired) electrons. The molecule has 1 aromatic heterocycles. The van der Waals surface area contributed by atoms with Gasteiger partial charge in [-0.1, -0.05) is 75.9 Å². The standard InChI is InChI=1S/C23H30N2O2/c1-3-5-6-7-9-12-19-17-24-23(25-18-19)27-22(26)16-15-20(4-2)21-13-10-8-11-14-21/h8,10-11,13-18,20H,3-7,9,12H2,1-2H3. The predicted octanol–water partition coefficient (Wildman–Crippen LogP) is 5.64. The van der Waals surface area contributed by atoms with Crippen molar-refractivity contribution >= 4 is 5.97 Å². The summed E-state index contributed by atoms with van der Waals surface area (Å²) in [5.74, 6) is -0.258. The molecule has 0 fully saturated rings. The van der Waals surface area contributed by atoms with Crippen LogP contribution in [0.5, 0.6) is 6.01 Å². The lowest BCUT2D eigenvalue weighted by Gasteiger charge is -2.09. The summed E-state index contributed by atoms with van der Waals surface area (Å²) in [5, 5.41) is 0. The molecule has 27 heavy (non-hydrogen) atoms. The van der Waals surface area contributed by atoms with E-state index < -0.39 is 5.97 Å². The van der Waals surface area contributed by atoms with Crippen molar-refractivity contribution in [1.82, 2.24) is 9.97 Å². The van der Waals surface area contributed by atoms with E-state index in [-0.39, 0.29) is 11.9 Å². The van der Waals surface area contributed by atoms with E-state index in [1.807, 2.05) is 24.3 Å². The molecule has 0 amide bonds. The predicted molar refractivity (Wildman–Crippen MR) is 109 cm³/mol. The van der Waals surface area contributed by atoms with Crippen LogP contribution >= 0.6 is 0 Å². The average Bonchev–Trinajstić information content (AvgIpc) is 2.70. The lowest BCUT2D eigenvalue weighted by molar-refractivity contribution is -0.129. The van der Waals surface area contributed by atoms with Crippen LogP contribution in [0.15, 0.2) is 54.9 Å². The summed E-state index contributed by atoms with van der Waals surface area (Å²) in [6, 6.07) is 10.2. The first-order chi connectivity index (χ1) is 13.2. The number of hydrogen-bond acceptors (Lipinski definition) is 4. The molecular formula is C23H30N2O2. The first kappa shape index (κ1) is 20.8. The maximum Gasteiger partial charge on any atom is 0.338 e. The molecule has 4 heteroatoms. The van der Waals surface area contributed by atoms with Crippen molar-refractivity contribution in [1.29, 1.82) is 0 Å². The van der Waals surface area contributed by atoms with Crippen LogP contribution < -0.4 is 4.74 Å². The number of ether oxygens (including phenoxy) is 1. The number of carbonyl (C=O) groups excluding carboxylic acids is 1. The highest BCUT2D eigenvalue weighted by Gasteiger charge is 2.08. The molecule has 0 aliphatic carbocycles. The van der Waals surface area contributed by atoms with Gasteiger partial charge in [0.25, 0.3) is 0 Å². The van der Waals surface area contributed by atoms with Crippen LogP contribution in [0.25, 0.3) is 0 Å². The van der Waals surface area contributed by atoms with E-state index in [0.717, 1.165) is 24.8 Å². The Morgan fingerprint density at radius 2 is 1.74 bits per heavy atom. The Labute approximate surface area is 162 Å². The number of unbranched alkanes of at least 4 members (excludes halogenated alkanes) is 4. The molecule has 4 nitrogen and oxygen atoms in total. The Morgan fingerprint density at radius 1 is 1.04 bits per heavy atom.